The molecular weight excluding hydrogens is 416 g/mol. The van der Waals surface area contributed by atoms with Crippen LogP contribution in [0.5, 0.6) is 5.75 Å². The largest absolute Gasteiger partial charge is 0.493 e. The molecule has 4 rings (SSSR count). The lowest BCUT2D eigenvalue weighted by atomic mass is 9.96. The Hall–Kier alpha value is -3.07. The molecule has 0 aliphatic rings. The van der Waals surface area contributed by atoms with Crippen molar-refractivity contribution in [3.8, 4) is 5.75 Å². The summed E-state index contributed by atoms with van der Waals surface area (Å²) in [5.41, 5.74) is 7.50. The van der Waals surface area contributed by atoms with Crippen LogP contribution in [0.15, 0.2) is 66.7 Å². The van der Waals surface area contributed by atoms with E-state index in [2.05, 4.69) is 106 Å². The minimum absolute atomic E-state index is 0.243. The smallest absolute Gasteiger partial charge is 0.122 e. The van der Waals surface area contributed by atoms with E-state index < -0.39 is 0 Å². The zero-order valence-corrected chi connectivity index (χ0v) is 21.3. The van der Waals surface area contributed by atoms with Crippen LogP contribution in [0.2, 0.25) is 0 Å². The first-order valence-electron chi connectivity index (χ1n) is 12.7. The van der Waals surface area contributed by atoms with Crippen molar-refractivity contribution >= 4 is 11.0 Å². The van der Waals surface area contributed by atoms with Gasteiger partial charge in [-0.25, -0.2) is 4.98 Å². The van der Waals surface area contributed by atoms with Crippen molar-refractivity contribution in [3.63, 3.8) is 0 Å². The van der Waals surface area contributed by atoms with E-state index >= 15 is 0 Å². The van der Waals surface area contributed by atoms with Crippen molar-refractivity contribution < 1.29 is 4.74 Å². The molecule has 0 amide bonds. The Bertz CT molecular complexity index is 1220. The van der Waals surface area contributed by atoms with E-state index in [1.807, 2.05) is 0 Å². The molecular formula is C31H38N2O. The highest BCUT2D eigenvalue weighted by atomic mass is 16.5. The molecule has 3 aromatic carbocycles. The summed E-state index contributed by atoms with van der Waals surface area (Å²) in [5, 5.41) is 0. The maximum Gasteiger partial charge on any atom is 0.122 e. The van der Waals surface area contributed by atoms with E-state index in [4.69, 9.17) is 9.72 Å². The number of rotatable bonds is 10. The number of benzene rings is 3. The van der Waals surface area contributed by atoms with Crippen LogP contribution in [0, 0.1) is 19.8 Å². The van der Waals surface area contributed by atoms with Crippen molar-refractivity contribution in [1.29, 1.82) is 0 Å². The predicted molar refractivity (Wildman–Crippen MR) is 143 cm³/mol. The van der Waals surface area contributed by atoms with Crippen LogP contribution >= 0.6 is 0 Å². The number of imidazole rings is 1. The summed E-state index contributed by atoms with van der Waals surface area (Å²) in [5.74, 6) is 3.06. The summed E-state index contributed by atoms with van der Waals surface area (Å²) in [6, 6.07) is 24.0. The molecule has 0 radical (unpaired) electrons. The molecule has 3 nitrogen and oxygen atoms in total. The average Bonchev–Trinajstić information content (AvgIpc) is 3.18. The zero-order chi connectivity index (χ0) is 24.1. The van der Waals surface area contributed by atoms with E-state index in [9.17, 15) is 0 Å². The van der Waals surface area contributed by atoms with Gasteiger partial charge < -0.3 is 9.30 Å². The predicted octanol–water partition coefficient (Wildman–Crippen LogP) is 7.86. The third-order valence-corrected chi connectivity index (χ3v) is 6.56. The Labute approximate surface area is 204 Å². The summed E-state index contributed by atoms with van der Waals surface area (Å²) < 4.78 is 8.48. The van der Waals surface area contributed by atoms with Crippen LogP contribution in [-0.4, -0.2) is 16.2 Å². The molecule has 0 aliphatic heterocycles. The molecule has 3 heteroatoms. The highest BCUT2D eigenvalue weighted by molar-refractivity contribution is 5.76. The first-order chi connectivity index (χ1) is 16.4. The molecule has 0 saturated carbocycles. The summed E-state index contributed by atoms with van der Waals surface area (Å²) in [4.78, 5) is 5.06. The number of hydrogen-bond donors (Lipinski definition) is 0. The second-order valence-corrected chi connectivity index (χ2v) is 10.00. The van der Waals surface area contributed by atoms with Gasteiger partial charge in [-0.05, 0) is 73.9 Å². The number of hydrogen-bond acceptors (Lipinski definition) is 2. The fourth-order valence-corrected chi connectivity index (χ4v) is 4.74. The molecule has 0 saturated heterocycles. The average molecular weight is 455 g/mol. The third-order valence-electron chi connectivity index (χ3n) is 6.56. The molecule has 0 N–H and O–H groups in total. The molecule has 0 aliphatic carbocycles. The van der Waals surface area contributed by atoms with Crippen LogP contribution in [0.3, 0.4) is 0 Å². The van der Waals surface area contributed by atoms with Crippen molar-refractivity contribution in [2.75, 3.05) is 6.61 Å². The lowest BCUT2D eigenvalue weighted by Gasteiger charge is -2.16. The van der Waals surface area contributed by atoms with Crippen LogP contribution in [0.1, 0.15) is 67.6 Å². The number of fused-ring (bicyclic) bond motifs is 1. The maximum atomic E-state index is 6.06. The summed E-state index contributed by atoms with van der Waals surface area (Å²) in [6.07, 6.45) is 3.19. The van der Waals surface area contributed by atoms with Gasteiger partial charge in [0.1, 0.15) is 11.6 Å². The summed E-state index contributed by atoms with van der Waals surface area (Å²) in [6.45, 7) is 12.7. The number of para-hydroxylation sites is 2. The number of aromatic nitrogens is 2. The number of nitrogens with zero attached hydrogens (tertiary/aromatic N) is 2. The van der Waals surface area contributed by atoms with E-state index in [1.54, 1.807) is 0 Å². The quantitative estimate of drug-likeness (QED) is 0.228. The van der Waals surface area contributed by atoms with Crippen LogP contribution in [0.4, 0.5) is 0 Å². The minimum Gasteiger partial charge on any atom is -0.493 e. The first kappa shape index (κ1) is 24.1. The van der Waals surface area contributed by atoms with Gasteiger partial charge in [0.15, 0.2) is 0 Å². The molecule has 1 unspecified atom stereocenters. The summed E-state index contributed by atoms with van der Waals surface area (Å²) >= 11 is 0. The van der Waals surface area contributed by atoms with Crippen molar-refractivity contribution in [2.45, 2.75) is 66.3 Å². The Balaban J connectivity index is 1.45. The van der Waals surface area contributed by atoms with Gasteiger partial charge in [-0.3, -0.25) is 0 Å². The highest BCUT2D eigenvalue weighted by Gasteiger charge is 2.18. The third kappa shape index (κ3) is 5.70. The van der Waals surface area contributed by atoms with Gasteiger partial charge in [-0.2, -0.15) is 0 Å². The molecule has 1 aromatic heterocycles. The molecule has 1 atom stereocenters. The molecule has 178 valence electrons. The zero-order valence-electron chi connectivity index (χ0n) is 21.3. The molecule has 1 heterocycles. The second-order valence-electron chi connectivity index (χ2n) is 10.00. The summed E-state index contributed by atoms with van der Waals surface area (Å²) in [7, 11) is 0. The van der Waals surface area contributed by atoms with E-state index in [0.29, 0.717) is 5.92 Å². The molecule has 34 heavy (non-hydrogen) atoms. The van der Waals surface area contributed by atoms with Crippen LogP contribution < -0.4 is 4.74 Å². The Morgan fingerprint density at radius 2 is 1.65 bits per heavy atom. The Kier molecular flexibility index (Phi) is 7.72. The number of ether oxygens (including phenoxy) is 1. The topological polar surface area (TPSA) is 27.1 Å². The van der Waals surface area contributed by atoms with Crippen molar-refractivity contribution in [3.05, 3.63) is 94.8 Å². The van der Waals surface area contributed by atoms with Gasteiger partial charge in [0, 0.05) is 12.5 Å². The Morgan fingerprint density at radius 1 is 0.882 bits per heavy atom. The molecule has 4 aromatic rings. The van der Waals surface area contributed by atoms with Crippen molar-refractivity contribution in [2.24, 2.45) is 5.92 Å². The monoisotopic (exact) mass is 454 g/mol. The van der Waals surface area contributed by atoms with Gasteiger partial charge in [0.25, 0.3) is 0 Å². The van der Waals surface area contributed by atoms with E-state index in [1.165, 1.54) is 27.8 Å². The minimum atomic E-state index is 0.243. The van der Waals surface area contributed by atoms with Gasteiger partial charge in [-0.1, -0.05) is 74.9 Å². The van der Waals surface area contributed by atoms with Gasteiger partial charge in [0.05, 0.1) is 17.6 Å². The van der Waals surface area contributed by atoms with Gasteiger partial charge >= 0.3 is 0 Å². The van der Waals surface area contributed by atoms with Crippen LogP contribution in [0.25, 0.3) is 11.0 Å². The Morgan fingerprint density at radius 3 is 2.38 bits per heavy atom. The normalized spacial score (nSPS) is 12.4. The molecule has 0 bridgehead atoms. The SMILES string of the molecule is Cc1ccc(OCCCCn2c(C(C)c3ccc(CC(C)C)cc3)nc3ccccc32)c(C)c1. The van der Waals surface area contributed by atoms with Crippen molar-refractivity contribution in [1.82, 2.24) is 9.55 Å². The van der Waals surface area contributed by atoms with E-state index in [0.717, 1.165) is 49.5 Å². The standard InChI is InChI=1S/C31H38N2O/c1-22(2)20-26-13-15-27(16-14-26)25(5)31-32-28-10-6-7-11-29(28)33(31)18-8-9-19-34-30-17-12-23(3)21-24(30)4/h6-7,10-17,21-22,25H,8-9,18-20H2,1-5H3. The fraction of sp³-hybridized carbons (Fsp3) is 0.387. The molecule has 0 fully saturated rings. The van der Waals surface area contributed by atoms with Crippen LogP contribution in [-0.2, 0) is 13.0 Å². The number of unbranched alkanes of at least 4 members (excludes halogenated alkanes) is 1. The van der Waals surface area contributed by atoms with E-state index in [-0.39, 0.29) is 5.92 Å². The highest BCUT2D eigenvalue weighted by Crippen LogP contribution is 2.28. The fourth-order valence-electron chi connectivity index (χ4n) is 4.74. The lowest BCUT2D eigenvalue weighted by Crippen LogP contribution is -2.10. The molecule has 0 spiro atoms. The number of aryl methyl sites for hydroxylation is 3. The van der Waals surface area contributed by atoms with Gasteiger partial charge in [0.2, 0.25) is 0 Å². The van der Waals surface area contributed by atoms with Gasteiger partial charge in [-0.15, -0.1) is 0 Å². The second kappa shape index (κ2) is 10.9. The lowest BCUT2D eigenvalue weighted by molar-refractivity contribution is 0.301. The first-order valence-corrected chi connectivity index (χ1v) is 12.7. The maximum absolute atomic E-state index is 6.06.